The molecule has 1 aromatic carbocycles. The molecule has 4 nitrogen and oxygen atoms in total. The zero-order valence-corrected chi connectivity index (χ0v) is 10.8. The van der Waals surface area contributed by atoms with Gasteiger partial charge in [-0.15, -0.1) is 0 Å². The van der Waals surface area contributed by atoms with Crippen LogP contribution >= 0.6 is 0 Å². The predicted molar refractivity (Wildman–Crippen MR) is 66.8 cm³/mol. The predicted octanol–water partition coefficient (Wildman–Crippen LogP) is 2.48. The molecule has 0 aromatic heterocycles. The highest BCUT2D eigenvalue weighted by atomic mass is 16.5. The number of carbonyl (C=O) groups excluding carboxylic acids is 1. The van der Waals surface area contributed by atoms with E-state index in [4.69, 9.17) is 9.84 Å². The Labute approximate surface area is 107 Å². The fraction of sp³-hybridized carbons (Fsp3) is 0.429. The standard InChI is InChI=1S/C14H18O4/c1-10(12(15)16)14(2,3)13(17)18-9-11-7-5-4-6-8-11/h4-8,10H,9H2,1-3H3,(H,15,16). The molecular formula is C14H18O4. The van der Waals surface area contributed by atoms with E-state index >= 15 is 0 Å². The molecule has 0 bridgehead atoms. The maximum absolute atomic E-state index is 11.9. The average Bonchev–Trinajstić information content (AvgIpc) is 2.35. The number of rotatable bonds is 5. The number of hydrogen-bond donors (Lipinski definition) is 1. The van der Waals surface area contributed by atoms with E-state index in [2.05, 4.69) is 0 Å². The summed E-state index contributed by atoms with van der Waals surface area (Å²) in [5, 5.41) is 8.94. The second kappa shape index (κ2) is 5.67. The zero-order valence-electron chi connectivity index (χ0n) is 10.8. The van der Waals surface area contributed by atoms with Gasteiger partial charge in [-0.1, -0.05) is 37.3 Å². The smallest absolute Gasteiger partial charge is 0.312 e. The summed E-state index contributed by atoms with van der Waals surface area (Å²) in [6.07, 6.45) is 0. The number of esters is 1. The molecular weight excluding hydrogens is 232 g/mol. The van der Waals surface area contributed by atoms with Gasteiger partial charge < -0.3 is 9.84 Å². The van der Waals surface area contributed by atoms with Gasteiger partial charge in [0.25, 0.3) is 0 Å². The third-order valence-electron chi connectivity index (χ3n) is 3.19. The molecule has 0 fully saturated rings. The van der Waals surface area contributed by atoms with Crippen molar-refractivity contribution < 1.29 is 19.4 Å². The number of benzene rings is 1. The highest BCUT2D eigenvalue weighted by Gasteiger charge is 2.39. The molecule has 1 rings (SSSR count). The maximum atomic E-state index is 11.9. The van der Waals surface area contributed by atoms with Gasteiger partial charge in [0.1, 0.15) is 6.61 Å². The molecule has 98 valence electrons. The highest BCUT2D eigenvalue weighted by Crippen LogP contribution is 2.28. The van der Waals surface area contributed by atoms with Gasteiger partial charge in [-0.2, -0.15) is 0 Å². The number of hydrogen-bond acceptors (Lipinski definition) is 3. The van der Waals surface area contributed by atoms with E-state index in [9.17, 15) is 9.59 Å². The average molecular weight is 250 g/mol. The van der Waals surface area contributed by atoms with Crippen LogP contribution in [0.3, 0.4) is 0 Å². The van der Waals surface area contributed by atoms with Crippen LogP contribution in [0, 0.1) is 11.3 Å². The van der Waals surface area contributed by atoms with Crippen LogP contribution in [0.4, 0.5) is 0 Å². The summed E-state index contributed by atoms with van der Waals surface area (Å²) in [6, 6.07) is 9.28. The van der Waals surface area contributed by atoms with Gasteiger partial charge in [0.15, 0.2) is 0 Å². The van der Waals surface area contributed by atoms with Crippen molar-refractivity contribution >= 4 is 11.9 Å². The largest absolute Gasteiger partial charge is 0.481 e. The summed E-state index contributed by atoms with van der Waals surface area (Å²) in [4.78, 5) is 22.8. The molecule has 1 unspecified atom stereocenters. The summed E-state index contributed by atoms with van der Waals surface area (Å²) in [5.74, 6) is -2.29. The maximum Gasteiger partial charge on any atom is 0.312 e. The molecule has 0 saturated heterocycles. The van der Waals surface area contributed by atoms with E-state index < -0.39 is 23.3 Å². The Kier molecular flexibility index (Phi) is 4.48. The molecule has 0 heterocycles. The van der Waals surface area contributed by atoms with Gasteiger partial charge >= 0.3 is 11.9 Å². The monoisotopic (exact) mass is 250 g/mol. The molecule has 1 atom stereocenters. The van der Waals surface area contributed by atoms with Crippen molar-refractivity contribution in [3.8, 4) is 0 Å². The van der Waals surface area contributed by atoms with Crippen LogP contribution in [0.1, 0.15) is 26.3 Å². The summed E-state index contributed by atoms with van der Waals surface area (Å²) < 4.78 is 5.16. The van der Waals surface area contributed by atoms with E-state index in [-0.39, 0.29) is 6.61 Å². The van der Waals surface area contributed by atoms with E-state index in [0.717, 1.165) is 5.56 Å². The second-order valence-corrected chi connectivity index (χ2v) is 4.84. The summed E-state index contributed by atoms with van der Waals surface area (Å²) >= 11 is 0. The van der Waals surface area contributed by atoms with Crippen molar-refractivity contribution in [3.05, 3.63) is 35.9 Å². The lowest BCUT2D eigenvalue weighted by Gasteiger charge is -2.26. The van der Waals surface area contributed by atoms with Gasteiger partial charge in [-0.25, -0.2) is 0 Å². The van der Waals surface area contributed by atoms with Gasteiger partial charge in [0.05, 0.1) is 11.3 Å². The van der Waals surface area contributed by atoms with E-state index in [1.165, 1.54) is 6.92 Å². The SMILES string of the molecule is CC(C(=O)O)C(C)(C)C(=O)OCc1ccccc1. The first-order chi connectivity index (χ1) is 8.35. The quantitative estimate of drug-likeness (QED) is 0.815. The molecule has 0 radical (unpaired) electrons. The molecule has 4 heteroatoms. The van der Waals surface area contributed by atoms with Crippen molar-refractivity contribution in [2.75, 3.05) is 0 Å². The third-order valence-corrected chi connectivity index (χ3v) is 3.19. The minimum Gasteiger partial charge on any atom is -0.481 e. The lowest BCUT2D eigenvalue weighted by Crippen LogP contribution is -2.37. The number of aliphatic carboxylic acids is 1. The summed E-state index contributed by atoms with van der Waals surface area (Å²) in [6.45, 7) is 4.83. The van der Waals surface area contributed by atoms with E-state index in [0.29, 0.717) is 0 Å². The molecule has 0 amide bonds. The molecule has 1 aromatic rings. The lowest BCUT2D eigenvalue weighted by atomic mass is 9.80. The fourth-order valence-electron chi connectivity index (χ4n) is 1.39. The van der Waals surface area contributed by atoms with Crippen molar-refractivity contribution in [1.29, 1.82) is 0 Å². The highest BCUT2D eigenvalue weighted by molar-refractivity contribution is 5.83. The molecule has 0 spiro atoms. The Morgan fingerprint density at radius 1 is 1.28 bits per heavy atom. The Morgan fingerprint density at radius 3 is 2.33 bits per heavy atom. The van der Waals surface area contributed by atoms with E-state index in [1.54, 1.807) is 13.8 Å². The topological polar surface area (TPSA) is 63.6 Å². The minimum absolute atomic E-state index is 0.162. The van der Waals surface area contributed by atoms with Gasteiger partial charge in [-0.3, -0.25) is 9.59 Å². The summed E-state index contributed by atoms with van der Waals surface area (Å²) in [7, 11) is 0. The first-order valence-corrected chi connectivity index (χ1v) is 5.79. The zero-order chi connectivity index (χ0) is 13.8. The van der Waals surface area contributed by atoms with Crippen LogP contribution in [0.25, 0.3) is 0 Å². The normalized spacial score (nSPS) is 12.8. The number of carboxylic acid groups (broad SMARTS) is 1. The Balaban J connectivity index is 2.63. The van der Waals surface area contributed by atoms with Crippen molar-refractivity contribution in [2.24, 2.45) is 11.3 Å². The molecule has 0 aliphatic carbocycles. The Bertz CT molecular complexity index is 423. The molecule has 0 aliphatic rings. The van der Waals surface area contributed by atoms with Crippen LogP contribution in [-0.4, -0.2) is 17.0 Å². The van der Waals surface area contributed by atoms with Crippen molar-refractivity contribution in [3.63, 3.8) is 0 Å². The number of carboxylic acids is 1. The molecule has 0 aliphatic heterocycles. The van der Waals surface area contributed by atoms with Crippen LogP contribution in [-0.2, 0) is 20.9 Å². The third kappa shape index (κ3) is 3.32. The van der Waals surface area contributed by atoms with Gasteiger partial charge in [0, 0.05) is 0 Å². The minimum atomic E-state index is -1.04. The van der Waals surface area contributed by atoms with Gasteiger partial charge in [0.2, 0.25) is 0 Å². The number of carbonyl (C=O) groups is 2. The Morgan fingerprint density at radius 2 is 1.83 bits per heavy atom. The first kappa shape index (κ1) is 14.2. The fourth-order valence-corrected chi connectivity index (χ4v) is 1.39. The number of ether oxygens (including phenoxy) is 1. The summed E-state index contributed by atoms with van der Waals surface area (Å²) in [5.41, 5.74) is -0.162. The van der Waals surface area contributed by atoms with E-state index in [1.807, 2.05) is 30.3 Å². The molecule has 1 N–H and O–H groups in total. The van der Waals surface area contributed by atoms with Crippen LogP contribution in [0.5, 0.6) is 0 Å². The lowest BCUT2D eigenvalue weighted by molar-refractivity contribution is -0.165. The first-order valence-electron chi connectivity index (χ1n) is 5.79. The Hall–Kier alpha value is -1.84. The van der Waals surface area contributed by atoms with Crippen molar-refractivity contribution in [2.45, 2.75) is 27.4 Å². The van der Waals surface area contributed by atoms with Crippen LogP contribution in [0.2, 0.25) is 0 Å². The molecule has 0 saturated carbocycles. The van der Waals surface area contributed by atoms with Gasteiger partial charge in [-0.05, 0) is 19.4 Å². The second-order valence-electron chi connectivity index (χ2n) is 4.84. The van der Waals surface area contributed by atoms with Crippen LogP contribution < -0.4 is 0 Å². The molecule has 18 heavy (non-hydrogen) atoms. The van der Waals surface area contributed by atoms with Crippen LogP contribution in [0.15, 0.2) is 30.3 Å². The van der Waals surface area contributed by atoms with Crippen molar-refractivity contribution in [1.82, 2.24) is 0 Å².